The number of allylic oxidation sites excluding steroid dienone is 1. The zero-order valence-electron chi connectivity index (χ0n) is 19.5. The molecular formula is C29H36F2O. The molecule has 32 heavy (non-hydrogen) atoms. The number of halogens is 2. The molecule has 0 aromatic heterocycles. The summed E-state index contributed by atoms with van der Waals surface area (Å²) in [6.45, 7) is 4.09. The Balaban J connectivity index is 1.37. The second-order valence-electron chi connectivity index (χ2n) is 9.75. The van der Waals surface area contributed by atoms with Crippen LogP contribution in [0.2, 0.25) is 0 Å². The molecule has 0 heterocycles. The molecule has 0 unspecified atom stereocenters. The minimum Gasteiger partial charge on any atom is -0.462 e. The zero-order chi connectivity index (χ0) is 22.5. The van der Waals surface area contributed by atoms with Gasteiger partial charge in [0.05, 0.1) is 6.26 Å². The summed E-state index contributed by atoms with van der Waals surface area (Å²) in [7, 11) is 0. The molecule has 1 nitrogen and oxygen atoms in total. The first-order valence-electron chi connectivity index (χ1n) is 12.5. The van der Waals surface area contributed by atoms with E-state index in [4.69, 9.17) is 4.74 Å². The topological polar surface area (TPSA) is 9.23 Å². The molecule has 172 valence electrons. The van der Waals surface area contributed by atoms with Gasteiger partial charge < -0.3 is 4.74 Å². The van der Waals surface area contributed by atoms with Crippen molar-refractivity contribution in [3.05, 3.63) is 65.9 Å². The van der Waals surface area contributed by atoms with Crippen molar-refractivity contribution >= 4 is 0 Å². The summed E-state index contributed by atoms with van der Waals surface area (Å²) in [6.07, 6.45) is 15.2. The maximum absolute atomic E-state index is 14.6. The van der Waals surface area contributed by atoms with Crippen LogP contribution in [0, 0.1) is 29.4 Å². The van der Waals surface area contributed by atoms with Crippen molar-refractivity contribution in [1.29, 1.82) is 0 Å². The van der Waals surface area contributed by atoms with Gasteiger partial charge in [-0.3, -0.25) is 0 Å². The molecule has 0 radical (unpaired) electrons. The Morgan fingerprint density at radius 3 is 2.03 bits per heavy atom. The molecule has 0 atom stereocenters. The molecule has 2 aromatic carbocycles. The van der Waals surface area contributed by atoms with Crippen molar-refractivity contribution in [2.24, 2.45) is 17.8 Å². The summed E-state index contributed by atoms with van der Waals surface area (Å²) in [6, 6.07) is 11.1. The quantitative estimate of drug-likeness (QED) is 0.409. The van der Waals surface area contributed by atoms with Crippen molar-refractivity contribution in [3.8, 4) is 16.9 Å². The van der Waals surface area contributed by atoms with Gasteiger partial charge in [-0.15, -0.1) is 0 Å². The van der Waals surface area contributed by atoms with Crippen LogP contribution in [0.3, 0.4) is 0 Å². The van der Waals surface area contributed by atoms with Crippen LogP contribution in [0.1, 0.15) is 83.1 Å². The van der Waals surface area contributed by atoms with Crippen LogP contribution < -0.4 is 4.74 Å². The molecule has 4 rings (SSSR count). The molecule has 0 bridgehead atoms. The third-order valence-electron chi connectivity index (χ3n) is 7.98. The third-order valence-corrected chi connectivity index (χ3v) is 7.98. The second kappa shape index (κ2) is 10.6. The first-order chi connectivity index (χ1) is 15.6. The number of hydrogen-bond donors (Lipinski definition) is 0. The molecule has 3 heteroatoms. The molecule has 2 aliphatic carbocycles. The Bertz CT molecular complexity index is 901. The Morgan fingerprint density at radius 2 is 1.44 bits per heavy atom. The lowest BCUT2D eigenvalue weighted by Gasteiger charge is -2.38. The summed E-state index contributed by atoms with van der Waals surface area (Å²) < 4.78 is 34.1. The first kappa shape index (κ1) is 23.0. The molecule has 2 saturated carbocycles. The van der Waals surface area contributed by atoms with Crippen LogP contribution in [-0.4, -0.2) is 0 Å². The predicted molar refractivity (Wildman–Crippen MR) is 128 cm³/mol. The van der Waals surface area contributed by atoms with Crippen molar-refractivity contribution in [1.82, 2.24) is 0 Å². The Hall–Kier alpha value is -2.16. The monoisotopic (exact) mass is 438 g/mol. The summed E-state index contributed by atoms with van der Waals surface area (Å²) in [5, 5.41) is 0. The van der Waals surface area contributed by atoms with Gasteiger partial charge in [0, 0.05) is 5.56 Å². The van der Waals surface area contributed by atoms with Gasteiger partial charge in [-0.25, -0.2) is 4.39 Å². The Labute approximate surface area is 191 Å². The van der Waals surface area contributed by atoms with Crippen molar-refractivity contribution < 1.29 is 13.5 Å². The van der Waals surface area contributed by atoms with Crippen molar-refractivity contribution in [2.75, 3.05) is 0 Å². The van der Waals surface area contributed by atoms with Gasteiger partial charge in [0.15, 0.2) is 11.6 Å². The Kier molecular flexibility index (Phi) is 7.65. The van der Waals surface area contributed by atoms with E-state index in [1.165, 1.54) is 75.7 Å². The first-order valence-corrected chi connectivity index (χ1v) is 12.5. The largest absolute Gasteiger partial charge is 0.462 e. The second-order valence-corrected chi connectivity index (χ2v) is 9.75. The maximum Gasteiger partial charge on any atom is 0.201 e. The fraction of sp³-hybridized carbons (Fsp3) is 0.517. The summed E-state index contributed by atoms with van der Waals surface area (Å²) in [4.78, 5) is 0. The number of hydrogen-bond acceptors (Lipinski definition) is 1. The summed E-state index contributed by atoms with van der Waals surface area (Å²) in [5.41, 5.74) is 2.30. The van der Waals surface area contributed by atoms with E-state index in [1.807, 2.05) is 12.1 Å². The summed E-state index contributed by atoms with van der Waals surface area (Å²) >= 11 is 0. The highest BCUT2D eigenvalue weighted by Crippen LogP contribution is 2.44. The molecule has 2 aliphatic rings. The molecule has 0 N–H and O–H groups in total. The lowest BCUT2D eigenvalue weighted by molar-refractivity contribution is 0.158. The molecule has 0 spiro atoms. The van der Waals surface area contributed by atoms with Crippen LogP contribution in [0.25, 0.3) is 11.1 Å². The highest BCUT2D eigenvalue weighted by atomic mass is 19.2. The van der Waals surface area contributed by atoms with Gasteiger partial charge in [0.2, 0.25) is 5.82 Å². The Morgan fingerprint density at radius 1 is 0.812 bits per heavy atom. The smallest absolute Gasteiger partial charge is 0.201 e. The van der Waals surface area contributed by atoms with E-state index in [0.717, 1.165) is 17.8 Å². The van der Waals surface area contributed by atoms with E-state index >= 15 is 0 Å². The molecule has 0 aliphatic heterocycles. The molecular weight excluding hydrogens is 402 g/mol. The van der Waals surface area contributed by atoms with E-state index < -0.39 is 11.6 Å². The van der Waals surface area contributed by atoms with Gasteiger partial charge in [-0.2, -0.15) is 4.39 Å². The van der Waals surface area contributed by atoms with Gasteiger partial charge in [-0.05, 0) is 92.4 Å². The van der Waals surface area contributed by atoms with E-state index in [0.29, 0.717) is 11.5 Å². The van der Waals surface area contributed by atoms with Crippen molar-refractivity contribution in [3.63, 3.8) is 0 Å². The molecule has 2 fully saturated rings. The highest BCUT2D eigenvalue weighted by molar-refractivity contribution is 5.65. The van der Waals surface area contributed by atoms with Gasteiger partial charge in [0.1, 0.15) is 0 Å². The van der Waals surface area contributed by atoms with E-state index in [9.17, 15) is 8.78 Å². The standard InChI is InChI=1S/C29H36F2O/c1-3-19-32-27-18-17-26(28(30)29(27)31)25-15-13-24(14-16-25)23-11-9-22(10-12-23)21-7-5-20(4-2)6-8-21/h3,13-23H,4-12H2,1-2H3/b19-3+. The normalized spacial score (nSPS) is 26.4. The molecule has 2 aromatic rings. The van der Waals surface area contributed by atoms with Gasteiger partial charge in [0.25, 0.3) is 0 Å². The minimum atomic E-state index is -0.948. The lowest BCUT2D eigenvalue weighted by atomic mass is 9.68. The van der Waals surface area contributed by atoms with E-state index in [2.05, 4.69) is 19.1 Å². The van der Waals surface area contributed by atoms with Crippen molar-refractivity contribution in [2.45, 2.75) is 77.6 Å². The predicted octanol–water partition coefficient (Wildman–Crippen LogP) is 9.03. The highest BCUT2D eigenvalue weighted by Gasteiger charge is 2.31. The van der Waals surface area contributed by atoms with Crippen LogP contribution in [0.15, 0.2) is 48.7 Å². The van der Waals surface area contributed by atoms with Gasteiger partial charge in [-0.1, -0.05) is 56.5 Å². The maximum atomic E-state index is 14.6. The van der Waals surface area contributed by atoms with Crippen LogP contribution in [0.4, 0.5) is 8.78 Å². The molecule has 0 amide bonds. The minimum absolute atomic E-state index is 0.0964. The third kappa shape index (κ3) is 5.08. The van der Waals surface area contributed by atoms with Crippen LogP contribution >= 0.6 is 0 Å². The fourth-order valence-corrected chi connectivity index (χ4v) is 5.91. The summed E-state index contributed by atoms with van der Waals surface area (Å²) in [5.74, 6) is 1.50. The lowest BCUT2D eigenvalue weighted by Crippen LogP contribution is -2.25. The molecule has 0 saturated heterocycles. The number of benzene rings is 2. The van der Waals surface area contributed by atoms with Crippen LogP contribution in [-0.2, 0) is 0 Å². The number of rotatable bonds is 6. The van der Waals surface area contributed by atoms with Gasteiger partial charge >= 0.3 is 0 Å². The number of ether oxygens (including phenoxy) is 1. The SMILES string of the molecule is C/C=C/Oc1ccc(-c2ccc(C3CCC(C4CCC(CC)CC4)CC3)cc2)c(F)c1F. The fourth-order valence-electron chi connectivity index (χ4n) is 5.91. The van der Waals surface area contributed by atoms with E-state index in [1.54, 1.807) is 19.1 Å². The average molecular weight is 439 g/mol. The van der Waals surface area contributed by atoms with E-state index in [-0.39, 0.29) is 11.3 Å². The van der Waals surface area contributed by atoms with Crippen LogP contribution in [0.5, 0.6) is 5.75 Å². The zero-order valence-corrected chi connectivity index (χ0v) is 19.5. The average Bonchev–Trinajstić information content (AvgIpc) is 2.85.